The van der Waals surface area contributed by atoms with E-state index in [0.717, 1.165) is 19.1 Å². The number of anilines is 1. The minimum absolute atomic E-state index is 0.487. The van der Waals surface area contributed by atoms with Crippen molar-refractivity contribution in [3.63, 3.8) is 0 Å². The molecule has 0 bridgehead atoms. The van der Waals surface area contributed by atoms with Gasteiger partial charge in [0.15, 0.2) is 0 Å². The highest BCUT2D eigenvalue weighted by atomic mass is 16.5. The molecule has 3 heteroatoms. The molecule has 14 heavy (non-hydrogen) atoms. The molecule has 3 nitrogen and oxygen atoms in total. The topological polar surface area (TPSA) is 48.1 Å². The van der Waals surface area contributed by atoms with Crippen molar-refractivity contribution in [2.24, 2.45) is 0 Å². The molecule has 1 aromatic heterocycles. The standard InChI is InChI=1S/C11H14N2O/c12-11-10(9-5-14-6-9)3-8(4-13-11)7-1-2-7/h3-4,7,9H,1-2,5-6H2,(H2,12,13). The van der Waals surface area contributed by atoms with Crippen LogP contribution >= 0.6 is 0 Å². The minimum atomic E-state index is 0.487. The molecule has 74 valence electrons. The number of ether oxygens (including phenoxy) is 1. The molecule has 2 fully saturated rings. The van der Waals surface area contributed by atoms with E-state index < -0.39 is 0 Å². The molecule has 3 rings (SSSR count). The summed E-state index contributed by atoms with van der Waals surface area (Å²) in [5, 5.41) is 0. The fraction of sp³-hybridized carbons (Fsp3) is 0.545. The Bertz CT molecular complexity index is 356. The van der Waals surface area contributed by atoms with Crippen molar-refractivity contribution in [1.82, 2.24) is 4.98 Å². The van der Waals surface area contributed by atoms with Gasteiger partial charge in [0.2, 0.25) is 0 Å². The van der Waals surface area contributed by atoms with E-state index in [2.05, 4.69) is 11.1 Å². The van der Waals surface area contributed by atoms with E-state index in [0.29, 0.717) is 11.7 Å². The third-order valence-corrected chi connectivity index (χ3v) is 3.10. The number of nitrogen functional groups attached to an aromatic ring is 1. The Labute approximate surface area is 83.3 Å². The maximum atomic E-state index is 5.85. The molecule has 0 unspecified atom stereocenters. The van der Waals surface area contributed by atoms with Crippen molar-refractivity contribution < 1.29 is 4.74 Å². The summed E-state index contributed by atoms with van der Waals surface area (Å²) in [5.41, 5.74) is 8.41. The average molecular weight is 190 g/mol. The zero-order valence-electron chi connectivity index (χ0n) is 8.07. The Morgan fingerprint density at radius 2 is 2.07 bits per heavy atom. The molecule has 0 spiro atoms. The zero-order chi connectivity index (χ0) is 9.54. The number of hydrogen-bond donors (Lipinski definition) is 1. The summed E-state index contributed by atoms with van der Waals surface area (Å²) >= 11 is 0. The lowest BCUT2D eigenvalue weighted by molar-refractivity contribution is 0.00857. The first-order chi connectivity index (χ1) is 6.84. The Hall–Kier alpha value is -1.09. The lowest BCUT2D eigenvalue weighted by Crippen LogP contribution is -2.26. The molecular weight excluding hydrogens is 176 g/mol. The summed E-state index contributed by atoms with van der Waals surface area (Å²) in [6, 6.07) is 2.23. The van der Waals surface area contributed by atoms with Gasteiger partial charge in [-0.2, -0.15) is 0 Å². The molecule has 0 atom stereocenters. The molecule has 0 amide bonds. The quantitative estimate of drug-likeness (QED) is 0.771. The van der Waals surface area contributed by atoms with Crippen LogP contribution in [0.2, 0.25) is 0 Å². The van der Waals surface area contributed by atoms with E-state index in [1.54, 1.807) is 0 Å². The predicted octanol–water partition coefficient (Wildman–Crippen LogP) is 1.66. The Balaban J connectivity index is 1.94. The third kappa shape index (κ3) is 1.28. The fourth-order valence-corrected chi connectivity index (χ4v) is 1.89. The summed E-state index contributed by atoms with van der Waals surface area (Å²) in [6.45, 7) is 1.61. The highest BCUT2D eigenvalue weighted by molar-refractivity contribution is 5.45. The molecular formula is C11H14N2O. The first kappa shape index (κ1) is 8.24. The lowest BCUT2D eigenvalue weighted by Gasteiger charge is -2.27. The van der Waals surface area contributed by atoms with Crippen molar-refractivity contribution in [3.05, 3.63) is 23.4 Å². The molecule has 2 N–H and O–H groups in total. The SMILES string of the molecule is Nc1ncc(C2CC2)cc1C1COC1. The van der Waals surface area contributed by atoms with E-state index >= 15 is 0 Å². The number of nitrogens with two attached hydrogens (primary N) is 1. The van der Waals surface area contributed by atoms with E-state index in [4.69, 9.17) is 10.5 Å². The van der Waals surface area contributed by atoms with Crippen LogP contribution in [0.25, 0.3) is 0 Å². The van der Waals surface area contributed by atoms with Crippen LogP contribution in [-0.4, -0.2) is 18.2 Å². The predicted molar refractivity (Wildman–Crippen MR) is 54.2 cm³/mol. The number of rotatable bonds is 2. The van der Waals surface area contributed by atoms with Gasteiger partial charge >= 0.3 is 0 Å². The van der Waals surface area contributed by atoms with Gasteiger partial charge in [0.05, 0.1) is 13.2 Å². The summed E-state index contributed by atoms with van der Waals surface area (Å²) in [7, 11) is 0. The second kappa shape index (κ2) is 2.95. The van der Waals surface area contributed by atoms with Crippen molar-refractivity contribution in [2.75, 3.05) is 18.9 Å². The van der Waals surface area contributed by atoms with Crippen LogP contribution in [0.4, 0.5) is 5.82 Å². The van der Waals surface area contributed by atoms with Gasteiger partial charge < -0.3 is 10.5 Å². The van der Waals surface area contributed by atoms with Gasteiger partial charge in [0.1, 0.15) is 5.82 Å². The summed E-state index contributed by atoms with van der Waals surface area (Å²) in [5.74, 6) is 1.92. The smallest absolute Gasteiger partial charge is 0.126 e. The molecule has 0 aromatic carbocycles. The maximum absolute atomic E-state index is 5.85. The third-order valence-electron chi connectivity index (χ3n) is 3.10. The van der Waals surface area contributed by atoms with Crippen LogP contribution in [-0.2, 0) is 4.74 Å². The minimum Gasteiger partial charge on any atom is -0.383 e. The van der Waals surface area contributed by atoms with Crippen LogP contribution in [0.5, 0.6) is 0 Å². The number of nitrogens with zero attached hydrogens (tertiary/aromatic N) is 1. The van der Waals surface area contributed by atoms with Crippen LogP contribution in [0.1, 0.15) is 35.8 Å². The first-order valence-electron chi connectivity index (χ1n) is 5.17. The maximum Gasteiger partial charge on any atom is 0.126 e. The van der Waals surface area contributed by atoms with Gasteiger partial charge in [-0.1, -0.05) is 0 Å². The lowest BCUT2D eigenvalue weighted by atomic mass is 9.96. The van der Waals surface area contributed by atoms with Crippen LogP contribution in [0.15, 0.2) is 12.3 Å². The average Bonchev–Trinajstić information content (AvgIpc) is 2.88. The second-order valence-electron chi connectivity index (χ2n) is 4.25. The molecule has 1 saturated carbocycles. The highest BCUT2D eigenvalue weighted by Crippen LogP contribution is 2.41. The summed E-state index contributed by atoms with van der Waals surface area (Å²) in [6.07, 6.45) is 4.55. The van der Waals surface area contributed by atoms with Gasteiger partial charge in [-0.25, -0.2) is 4.98 Å². The molecule has 2 heterocycles. The number of aromatic nitrogens is 1. The van der Waals surface area contributed by atoms with Crippen molar-refractivity contribution in [3.8, 4) is 0 Å². The van der Waals surface area contributed by atoms with Gasteiger partial charge in [0.25, 0.3) is 0 Å². The normalized spacial score (nSPS) is 22.0. The van der Waals surface area contributed by atoms with Gasteiger partial charge in [-0.3, -0.25) is 0 Å². The zero-order valence-corrected chi connectivity index (χ0v) is 8.07. The van der Waals surface area contributed by atoms with Crippen LogP contribution < -0.4 is 5.73 Å². The first-order valence-corrected chi connectivity index (χ1v) is 5.17. The molecule has 1 saturated heterocycles. The van der Waals surface area contributed by atoms with Crippen molar-refractivity contribution in [2.45, 2.75) is 24.7 Å². The van der Waals surface area contributed by atoms with Crippen molar-refractivity contribution >= 4 is 5.82 Å². The van der Waals surface area contributed by atoms with E-state index in [1.165, 1.54) is 24.0 Å². The largest absolute Gasteiger partial charge is 0.383 e. The van der Waals surface area contributed by atoms with Crippen LogP contribution in [0.3, 0.4) is 0 Å². The van der Waals surface area contributed by atoms with E-state index in [9.17, 15) is 0 Å². The molecule has 1 aliphatic carbocycles. The molecule has 2 aliphatic rings. The van der Waals surface area contributed by atoms with Gasteiger partial charge in [0, 0.05) is 17.7 Å². The Morgan fingerprint density at radius 1 is 1.29 bits per heavy atom. The van der Waals surface area contributed by atoms with Gasteiger partial charge in [-0.05, 0) is 30.4 Å². The molecule has 1 aromatic rings. The van der Waals surface area contributed by atoms with Crippen molar-refractivity contribution in [1.29, 1.82) is 0 Å². The summed E-state index contributed by atoms with van der Waals surface area (Å²) in [4.78, 5) is 4.27. The Morgan fingerprint density at radius 3 is 2.64 bits per heavy atom. The molecule has 0 radical (unpaired) electrons. The summed E-state index contributed by atoms with van der Waals surface area (Å²) < 4.78 is 5.18. The van der Waals surface area contributed by atoms with Gasteiger partial charge in [-0.15, -0.1) is 0 Å². The monoisotopic (exact) mass is 190 g/mol. The number of pyridine rings is 1. The second-order valence-corrected chi connectivity index (χ2v) is 4.25. The van der Waals surface area contributed by atoms with Crippen LogP contribution in [0, 0.1) is 0 Å². The fourth-order valence-electron chi connectivity index (χ4n) is 1.89. The number of hydrogen-bond acceptors (Lipinski definition) is 3. The molecule has 1 aliphatic heterocycles. The van der Waals surface area contributed by atoms with E-state index in [-0.39, 0.29) is 0 Å². The highest BCUT2D eigenvalue weighted by Gasteiger charge is 2.28. The van der Waals surface area contributed by atoms with E-state index in [1.807, 2.05) is 6.20 Å². The Kier molecular flexibility index (Phi) is 1.74.